The average Bonchev–Trinajstić information content (AvgIpc) is 2.54. The fraction of sp³-hybridized carbons (Fsp3) is 0.706. The highest BCUT2D eigenvalue weighted by atomic mass is 35.5. The van der Waals surface area contributed by atoms with Gasteiger partial charge in [0.1, 0.15) is 10.0 Å². The molecule has 1 aromatic heterocycles. The van der Waals surface area contributed by atoms with Gasteiger partial charge >= 0.3 is 0 Å². The fourth-order valence-corrected chi connectivity index (χ4v) is 2.28. The van der Waals surface area contributed by atoms with Crippen LogP contribution in [0, 0.1) is 0 Å². The van der Waals surface area contributed by atoms with Crippen LogP contribution in [0.1, 0.15) is 59.3 Å². The van der Waals surface area contributed by atoms with E-state index >= 15 is 0 Å². The van der Waals surface area contributed by atoms with E-state index in [9.17, 15) is 0 Å². The summed E-state index contributed by atoms with van der Waals surface area (Å²) in [6.07, 6.45) is 5.88. The Balaban J connectivity index is 2.97. The van der Waals surface area contributed by atoms with Gasteiger partial charge in [-0.05, 0) is 19.3 Å². The summed E-state index contributed by atoms with van der Waals surface area (Å²) in [7, 11) is 0. The Morgan fingerprint density at radius 2 is 1.09 bits per heavy atom. The van der Waals surface area contributed by atoms with Gasteiger partial charge < -0.3 is 14.2 Å². The first kappa shape index (κ1) is 20.2. The van der Waals surface area contributed by atoms with Gasteiger partial charge in [0.05, 0.1) is 19.8 Å². The topological polar surface area (TPSA) is 40.6 Å². The van der Waals surface area contributed by atoms with Crippen molar-refractivity contribution in [3.8, 4) is 17.5 Å². The summed E-state index contributed by atoms with van der Waals surface area (Å²) >= 11 is 12.7. The van der Waals surface area contributed by atoms with Crippen molar-refractivity contribution in [3.63, 3.8) is 0 Å². The van der Waals surface area contributed by atoms with Crippen LogP contribution in [-0.4, -0.2) is 24.8 Å². The van der Waals surface area contributed by atoms with E-state index in [0.717, 1.165) is 38.5 Å². The number of hydrogen-bond acceptors (Lipinski definition) is 4. The van der Waals surface area contributed by atoms with E-state index in [4.69, 9.17) is 37.4 Å². The molecule has 132 valence electrons. The molecule has 1 heterocycles. The van der Waals surface area contributed by atoms with Crippen LogP contribution >= 0.6 is 23.2 Å². The Kier molecular flexibility index (Phi) is 10.2. The Bertz CT molecular complexity index is 435. The third-order valence-electron chi connectivity index (χ3n) is 3.19. The van der Waals surface area contributed by atoms with Gasteiger partial charge in [-0.1, -0.05) is 63.2 Å². The zero-order valence-corrected chi connectivity index (χ0v) is 15.8. The van der Waals surface area contributed by atoms with Crippen LogP contribution in [0.3, 0.4) is 0 Å². The molecular formula is C17H27Cl2NO3. The summed E-state index contributed by atoms with van der Waals surface area (Å²) in [5.74, 6) is 1.04. The Morgan fingerprint density at radius 3 is 1.48 bits per heavy atom. The van der Waals surface area contributed by atoms with Crippen LogP contribution in [0.4, 0.5) is 0 Å². The molecule has 6 heteroatoms. The number of halogens is 2. The number of hydrogen-bond donors (Lipinski definition) is 0. The minimum absolute atomic E-state index is 0.310. The second-order valence-corrected chi connectivity index (χ2v) is 6.04. The SMILES string of the molecule is CCCCOc1nc(OCCCC)c(Cl)c(OCCCC)c1Cl. The van der Waals surface area contributed by atoms with Gasteiger partial charge in [-0.2, -0.15) is 4.98 Å². The number of rotatable bonds is 12. The van der Waals surface area contributed by atoms with E-state index in [1.54, 1.807) is 0 Å². The van der Waals surface area contributed by atoms with Gasteiger partial charge in [0.25, 0.3) is 0 Å². The van der Waals surface area contributed by atoms with Crippen molar-refractivity contribution in [2.45, 2.75) is 59.3 Å². The Morgan fingerprint density at radius 1 is 0.696 bits per heavy atom. The van der Waals surface area contributed by atoms with Crippen molar-refractivity contribution in [3.05, 3.63) is 10.0 Å². The van der Waals surface area contributed by atoms with Crippen LogP contribution in [0.2, 0.25) is 10.0 Å². The van der Waals surface area contributed by atoms with Crippen LogP contribution in [0.5, 0.6) is 17.5 Å². The van der Waals surface area contributed by atoms with E-state index < -0.39 is 0 Å². The van der Waals surface area contributed by atoms with E-state index in [-0.39, 0.29) is 0 Å². The van der Waals surface area contributed by atoms with Crippen LogP contribution in [0.15, 0.2) is 0 Å². The largest absolute Gasteiger partial charge is 0.490 e. The van der Waals surface area contributed by atoms with Crippen molar-refractivity contribution in [2.24, 2.45) is 0 Å². The van der Waals surface area contributed by atoms with Gasteiger partial charge in [0, 0.05) is 0 Å². The van der Waals surface area contributed by atoms with Gasteiger partial charge in [-0.25, -0.2) is 0 Å². The van der Waals surface area contributed by atoms with E-state index in [0.29, 0.717) is 47.4 Å². The number of unbranched alkanes of at least 4 members (excludes halogenated alkanes) is 3. The summed E-state index contributed by atoms with van der Waals surface area (Å²) in [5, 5.41) is 0.620. The average molecular weight is 364 g/mol. The molecule has 23 heavy (non-hydrogen) atoms. The maximum Gasteiger partial charge on any atom is 0.239 e. The Labute approximate surface area is 149 Å². The highest BCUT2D eigenvalue weighted by Gasteiger charge is 2.21. The van der Waals surface area contributed by atoms with Crippen LogP contribution < -0.4 is 14.2 Å². The molecule has 0 N–H and O–H groups in total. The molecule has 0 bridgehead atoms. The first-order valence-electron chi connectivity index (χ1n) is 8.42. The smallest absolute Gasteiger partial charge is 0.239 e. The van der Waals surface area contributed by atoms with Crippen LogP contribution in [0.25, 0.3) is 0 Å². The summed E-state index contributed by atoms with van der Waals surface area (Å²) in [5.41, 5.74) is 0. The van der Waals surface area contributed by atoms with Crippen molar-refractivity contribution < 1.29 is 14.2 Å². The van der Waals surface area contributed by atoms with Crippen molar-refractivity contribution >= 4 is 23.2 Å². The van der Waals surface area contributed by atoms with Gasteiger partial charge in [-0.15, -0.1) is 0 Å². The highest BCUT2D eigenvalue weighted by Crippen LogP contribution is 2.43. The standard InChI is InChI=1S/C17H27Cl2NO3/c1-4-7-10-21-15-13(18)16(22-11-8-5-2)20-17(14(15)19)23-12-9-6-3/h4-12H2,1-3H3. The van der Waals surface area contributed by atoms with E-state index in [1.165, 1.54) is 0 Å². The van der Waals surface area contributed by atoms with Gasteiger partial charge in [0.15, 0.2) is 5.75 Å². The molecule has 0 atom stereocenters. The zero-order chi connectivity index (χ0) is 17.1. The van der Waals surface area contributed by atoms with Crippen molar-refractivity contribution in [2.75, 3.05) is 19.8 Å². The first-order chi connectivity index (χ1) is 11.2. The second kappa shape index (κ2) is 11.6. The summed E-state index contributed by atoms with van der Waals surface area (Å²) in [6.45, 7) is 7.93. The lowest BCUT2D eigenvalue weighted by atomic mass is 10.3. The normalized spacial score (nSPS) is 10.7. The molecule has 0 aliphatic rings. The lowest BCUT2D eigenvalue weighted by Gasteiger charge is -2.16. The maximum atomic E-state index is 6.35. The number of aromatic nitrogens is 1. The molecule has 0 aliphatic heterocycles. The molecule has 0 aromatic carbocycles. The van der Waals surface area contributed by atoms with Gasteiger partial charge in [0.2, 0.25) is 11.8 Å². The minimum Gasteiger partial charge on any atom is -0.490 e. The molecule has 0 amide bonds. The number of nitrogens with zero attached hydrogens (tertiary/aromatic N) is 1. The number of pyridine rings is 1. The predicted octanol–water partition coefficient (Wildman–Crippen LogP) is 5.93. The molecule has 4 nitrogen and oxygen atoms in total. The molecule has 0 aliphatic carbocycles. The molecule has 0 saturated carbocycles. The molecule has 0 radical (unpaired) electrons. The summed E-state index contributed by atoms with van der Waals surface area (Å²) in [4.78, 5) is 4.32. The first-order valence-corrected chi connectivity index (χ1v) is 9.18. The summed E-state index contributed by atoms with van der Waals surface area (Å²) in [6, 6.07) is 0. The monoisotopic (exact) mass is 363 g/mol. The minimum atomic E-state index is 0.310. The molecule has 0 saturated heterocycles. The predicted molar refractivity (Wildman–Crippen MR) is 95.5 cm³/mol. The molecule has 0 unspecified atom stereocenters. The van der Waals surface area contributed by atoms with Crippen LogP contribution in [-0.2, 0) is 0 Å². The molecule has 0 spiro atoms. The van der Waals surface area contributed by atoms with Crippen molar-refractivity contribution in [1.29, 1.82) is 0 Å². The third-order valence-corrected chi connectivity index (χ3v) is 3.86. The second-order valence-electron chi connectivity index (χ2n) is 5.29. The van der Waals surface area contributed by atoms with E-state index in [1.807, 2.05) is 0 Å². The lowest BCUT2D eigenvalue weighted by molar-refractivity contribution is 0.263. The zero-order valence-electron chi connectivity index (χ0n) is 14.3. The molecule has 1 rings (SSSR count). The third kappa shape index (κ3) is 6.64. The maximum absolute atomic E-state index is 6.35. The molecule has 1 aromatic rings. The fourth-order valence-electron chi connectivity index (χ4n) is 1.74. The molecular weight excluding hydrogens is 337 g/mol. The molecule has 0 fully saturated rings. The van der Waals surface area contributed by atoms with E-state index in [2.05, 4.69) is 25.8 Å². The van der Waals surface area contributed by atoms with Crippen molar-refractivity contribution in [1.82, 2.24) is 4.98 Å². The number of ether oxygens (including phenoxy) is 3. The quantitative estimate of drug-likeness (QED) is 0.431. The Hall–Kier alpha value is -0.870. The summed E-state index contributed by atoms with van der Waals surface area (Å²) < 4.78 is 17.1. The van der Waals surface area contributed by atoms with Gasteiger partial charge in [-0.3, -0.25) is 0 Å². The lowest BCUT2D eigenvalue weighted by Crippen LogP contribution is -2.06. The highest BCUT2D eigenvalue weighted by molar-refractivity contribution is 6.38.